The molecule has 0 radical (unpaired) electrons. The Morgan fingerprint density at radius 3 is 2.39 bits per heavy atom. The first-order valence-corrected chi connectivity index (χ1v) is 8.17. The molecule has 1 aromatic carbocycles. The first kappa shape index (κ1) is 17.5. The first-order valence-electron chi connectivity index (χ1n) is 8.17. The summed E-state index contributed by atoms with van der Waals surface area (Å²) in [6.07, 6.45) is 0. The monoisotopic (exact) mass is 318 g/mol. The van der Waals surface area contributed by atoms with E-state index in [9.17, 15) is 14.7 Å². The summed E-state index contributed by atoms with van der Waals surface area (Å²) < 4.78 is 0. The molecule has 0 fully saturated rings. The highest BCUT2D eigenvalue weighted by atomic mass is 16.3. The number of carbonyl (C=O) groups excluding carboxylic acids is 2. The summed E-state index contributed by atoms with van der Waals surface area (Å²) in [6, 6.07) is 6.63. The van der Waals surface area contributed by atoms with Crippen LogP contribution in [0.2, 0.25) is 0 Å². The number of hydrogen-bond acceptors (Lipinski definition) is 3. The van der Waals surface area contributed by atoms with Crippen LogP contribution in [-0.2, 0) is 11.3 Å². The van der Waals surface area contributed by atoms with Crippen molar-refractivity contribution >= 4 is 11.8 Å². The zero-order valence-corrected chi connectivity index (χ0v) is 14.2. The second-order valence-corrected chi connectivity index (χ2v) is 6.82. The van der Waals surface area contributed by atoms with Gasteiger partial charge in [0.25, 0.3) is 5.91 Å². The molecule has 1 aliphatic heterocycles. The Hall–Kier alpha value is -1.88. The van der Waals surface area contributed by atoms with E-state index in [1.54, 1.807) is 11.0 Å². The third-order valence-electron chi connectivity index (χ3n) is 4.41. The topological polar surface area (TPSA) is 69.6 Å². The van der Waals surface area contributed by atoms with Crippen molar-refractivity contribution in [3.63, 3.8) is 0 Å². The van der Waals surface area contributed by atoms with Gasteiger partial charge in [-0.3, -0.25) is 9.59 Å². The van der Waals surface area contributed by atoms with Gasteiger partial charge in [0.15, 0.2) is 0 Å². The number of benzene rings is 1. The van der Waals surface area contributed by atoms with Crippen LogP contribution in [0, 0.1) is 11.8 Å². The van der Waals surface area contributed by atoms with Crippen LogP contribution < -0.4 is 5.32 Å². The van der Waals surface area contributed by atoms with Gasteiger partial charge in [-0.15, -0.1) is 0 Å². The van der Waals surface area contributed by atoms with Crippen LogP contribution in [0.4, 0.5) is 0 Å². The molecule has 0 spiro atoms. The predicted octanol–water partition coefficient (Wildman–Crippen LogP) is 1.80. The Labute approximate surface area is 137 Å². The van der Waals surface area contributed by atoms with E-state index < -0.39 is 6.04 Å². The summed E-state index contributed by atoms with van der Waals surface area (Å²) in [7, 11) is 0. The van der Waals surface area contributed by atoms with Crippen LogP contribution in [0.15, 0.2) is 24.3 Å². The standard InChI is InChI=1S/C18H26N2O3/c1-11(2)15(10-21)19-17(22)16(12(3)4)20-9-13-7-5-6-8-14(13)18(20)23/h5-8,11-12,15-16,21H,9-10H2,1-4H3,(H,19,22). The molecule has 2 amide bonds. The lowest BCUT2D eigenvalue weighted by Gasteiger charge is -2.32. The minimum absolute atomic E-state index is 0.0141. The number of aliphatic hydroxyl groups is 1. The normalized spacial score (nSPS) is 16.7. The van der Waals surface area contributed by atoms with Crippen LogP contribution in [-0.4, -0.2) is 40.5 Å². The van der Waals surface area contributed by atoms with Gasteiger partial charge < -0.3 is 15.3 Å². The summed E-state index contributed by atoms with van der Waals surface area (Å²) >= 11 is 0. The van der Waals surface area contributed by atoms with Gasteiger partial charge in [0.05, 0.1) is 12.6 Å². The molecule has 2 N–H and O–H groups in total. The average Bonchev–Trinajstić information content (AvgIpc) is 2.82. The lowest BCUT2D eigenvalue weighted by molar-refractivity contribution is -0.128. The number of rotatable bonds is 6. The molecule has 1 aliphatic rings. The lowest BCUT2D eigenvalue weighted by Crippen LogP contribution is -2.54. The van der Waals surface area contributed by atoms with Gasteiger partial charge in [-0.05, 0) is 23.5 Å². The quantitative estimate of drug-likeness (QED) is 0.840. The number of carbonyl (C=O) groups is 2. The molecule has 126 valence electrons. The number of hydrogen-bond donors (Lipinski definition) is 2. The summed E-state index contributed by atoms with van der Waals surface area (Å²) in [6.45, 7) is 8.11. The highest BCUT2D eigenvalue weighted by Crippen LogP contribution is 2.27. The largest absolute Gasteiger partial charge is 0.394 e. The molecular formula is C18H26N2O3. The third kappa shape index (κ3) is 3.55. The molecule has 5 nitrogen and oxygen atoms in total. The number of nitrogens with one attached hydrogen (secondary N) is 1. The van der Waals surface area contributed by atoms with Crippen LogP contribution in [0.3, 0.4) is 0 Å². The molecular weight excluding hydrogens is 292 g/mol. The van der Waals surface area contributed by atoms with Gasteiger partial charge >= 0.3 is 0 Å². The maximum absolute atomic E-state index is 12.7. The predicted molar refractivity (Wildman–Crippen MR) is 88.8 cm³/mol. The summed E-state index contributed by atoms with van der Waals surface area (Å²) in [5.41, 5.74) is 1.63. The van der Waals surface area contributed by atoms with Gasteiger partial charge in [0.2, 0.25) is 5.91 Å². The van der Waals surface area contributed by atoms with Gasteiger partial charge in [0.1, 0.15) is 6.04 Å². The molecule has 5 heteroatoms. The van der Waals surface area contributed by atoms with Crippen molar-refractivity contribution in [2.75, 3.05) is 6.61 Å². The number of amides is 2. The molecule has 2 rings (SSSR count). The zero-order chi connectivity index (χ0) is 17.1. The fourth-order valence-electron chi connectivity index (χ4n) is 3.00. The minimum Gasteiger partial charge on any atom is -0.394 e. The highest BCUT2D eigenvalue weighted by Gasteiger charge is 2.38. The first-order chi connectivity index (χ1) is 10.9. The van der Waals surface area contributed by atoms with Crippen LogP contribution in [0.1, 0.15) is 43.6 Å². The molecule has 0 saturated carbocycles. The fraction of sp³-hybridized carbons (Fsp3) is 0.556. The van der Waals surface area contributed by atoms with Gasteiger partial charge in [-0.1, -0.05) is 45.9 Å². The zero-order valence-electron chi connectivity index (χ0n) is 14.2. The van der Waals surface area contributed by atoms with Crippen molar-refractivity contribution in [2.24, 2.45) is 11.8 Å². The van der Waals surface area contributed by atoms with Crippen molar-refractivity contribution in [1.29, 1.82) is 0 Å². The molecule has 2 unspecified atom stereocenters. The molecule has 2 atom stereocenters. The fourth-order valence-corrected chi connectivity index (χ4v) is 3.00. The van der Waals surface area contributed by atoms with Gasteiger partial charge in [-0.25, -0.2) is 0 Å². The van der Waals surface area contributed by atoms with Crippen LogP contribution in [0.25, 0.3) is 0 Å². The minimum atomic E-state index is -0.539. The number of nitrogens with zero attached hydrogens (tertiary/aromatic N) is 1. The van der Waals surface area contributed by atoms with E-state index in [2.05, 4.69) is 5.32 Å². The van der Waals surface area contributed by atoms with E-state index in [1.165, 1.54) is 0 Å². The van der Waals surface area contributed by atoms with Crippen molar-refractivity contribution in [3.05, 3.63) is 35.4 Å². The molecule has 1 heterocycles. The highest BCUT2D eigenvalue weighted by molar-refractivity contribution is 6.01. The Kier molecular flexibility index (Phi) is 5.42. The lowest BCUT2D eigenvalue weighted by atomic mass is 9.99. The molecule has 0 aliphatic carbocycles. The van der Waals surface area contributed by atoms with Crippen molar-refractivity contribution in [2.45, 2.75) is 46.3 Å². The summed E-state index contributed by atoms with van der Waals surface area (Å²) in [4.78, 5) is 27.0. The van der Waals surface area contributed by atoms with Crippen LogP contribution >= 0.6 is 0 Å². The van der Waals surface area contributed by atoms with Crippen molar-refractivity contribution in [1.82, 2.24) is 10.2 Å². The Balaban J connectivity index is 2.20. The molecule has 0 aromatic heterocycles. The van der Waals surface area contributed by atoms with Gasteiger partial charge in [0, 0.05) is 12.1 Å². The van der Waals surface area contributed by atoms with E-state index in [4.69, 9.17) is 0 Å². The van der Waals surface area contributed by atoms with Crippen molar-refractivity contribution in [3.8, 4) is 0 Å². The van der Waals surface area contributed by atoms with E-state index in [1.807, 2.05) is 45.9 Å². The maximum Gasteiger partial charge on any atom is 0.255 e. The van der Waals surface area contributed by atoms with E-state index >= 15 is 0 Å². The molecule has 23 heavy (non-hydrogen) atoms. The van der Waals surface area contributed by atoms with E-state index in [-0.39, 0.29) is 36.3 Å². The second-order valence-electron chi connectivity index (χ2n) is 6.82. The van der Waals surface area contributed by atoms with Crippen molar-refractivity contribution < 1.29 is 14.7 Å². The van der Waals surface area contributed by atoms with E-state index in [0.29, 0.717) is 12.1 Å². The number of fused-ring (bicyclic) bond motifs is 1. The summed E-state index contributed by atoms with van der Waals surface area (Å²) in [5, 5.41) is 12.3. The maximum atomic E-state index is 12.7. The Morgan fingerprint density at radius 1 is 1.22 bits per heavy atom. The average molecular weight is 318 g/mol. The molecule has 1 aromatic rings. The molecule has 0 bridgehead atoms. The second kappa shape index (κ2) is 7.13. The molecule has 0 saturated heterocycles. The Bertz CT molecular complexity index is 583. The Morgan fingerprint density at radius 2 is 1.87 bits per heavy atom. The van der Waals surface area contributed by atoms with Gasteiger partial charge in [-0.2, -0.15) is 0 Å². The smallest absolute Gasteiger partial charge is 0.255 e. The summed E-state index contributed by atoms with van der Waals surface area (Å²) in [5.74, 6) is -0.184. The van der Waals surface area contributed by atoms with E-state index in [0.717, 1.165) is 5.56 Å². The third-order valence-corrected chi connectivity index (χ3v) is 4.41. The number of aliphatic hydroxyl groups excluding tert-OH is 1. The van der Waals surface area contributed by atoms with Crippen LogP contribution in [0.5, 0.6) is 0 Å². The SMILES string of the molecule is CC(C)C(CO)NC(=O)C(C(C)C)N1Cc2ccccc2C1=O.